The molecule has 0 N–H and O–H groups in total. The van der Waals surface area contributed by atoms with Gasteiger partial charge in [0.05, 0.1) is 10.8 Å². The normalized spacial score (nSPS) is 17.3. The Kier molecular flexibility index (Phi) is 2.99. The van der Waals surface area contributed by atoms with Gasteiger partial charge in [-0.15, -0.1) is 11.3 Å². The van der Waals surface area contributed by atoms with Gasteiger partial charge in [0.25, 0.3) is 0 Å². The van der Waals surface area contributed by atoms with Gasteiger partial charge in [0.15, 0.2) is 5.78 Å². The van der Waals surface area contributed by atoms with Gasteiger partial charge in [-0.05, 0) is 35.0 Å². The standard InChI is InChI=1S/C14H11BrO2S/c1-8-6-11(15)14(18-8)13(16)10-7-17-12-5-3-2-4-9(10)12/h2-6,10H,7H2,1H3. The van der Waals surface area contributed by atoms with Crippen molar-refractivity contribution in [3.8, 4) is 5.75 Å². The number of carbonyl (C=O) groups is 1. The van der Waals surface area contributed by atoms with Crippen molar-refractivity contribution in [2.45, 2.75) is 12.8 Å². The van der Waals surface area contributed by atoms with E-state index >= 15 is 0 Å². The number of carbonyl (C=O) groups excluding carboxylic acids is 1. The van der Waals surface area contributed by atoms with Crippen molar-refractivity contribution in [3.63, 3.8) is 0 Å². The molecule has 2 aromatic rings. The average molecular weight is 323 g/mol. The van der Waals surface area contributed by atoms with E-state index in [0.29, 0.717) is 6.61 Å². The number of ketones is 1. The summed E-state index contributed by atoms with van der Waals surface area (Å²) in [4.78, 5) is 14.5. The minimum absolute atomic E-state index is 0.143. The van der Waals surface area contributed by atoms with Crippen molar-refractivity contribution < 1.29 is 9.53 Å². The number of benzene rings is 1. The number of rotatable bonds is 2. The third-order valence-electron chi connectivity index (χ3n) is 3.05. The van der Waals surface area contributed by atoms with Crippen LogP contribution < -0.4 is 4.74 Å². The molecule has 0 amide bonds. The van der Waals surface area contributed by atoms with Gasteiger partial charge in [-0.1, -0.05) is 18.2 Å². The van der Waals surface area contributed by atoms with Crippen LogP contribution in [0, 0.1) is 6.92 Å². The van der Waals surface area contributed by atoms with Crippen LogP contribution in [0.4, 0.5) is 0 Å². The fourth-order valence-corrected chi connectivity index (χ4v) is 4.02. The molecule has 2 nitrogen and oxygen atoms in total. The number of ether oxygens (including phenoxy) is 1. The summed E-state index contributed by atoms with van der Waals surface area (Å²) in [5, 5.41) is 0. The number of halogens is 1. The predicted molar refractivity (Wildman–Crippen MR) is 75.8 cm³/mol. The number of fused-ring (bicyclic) bond motifs is 1. The van der Waals surface area contributed by atoms with Crippen LogP contribution in [0.2, 0.25) is 0 Å². The lowest BCUT2D eigenvalue weighted by Crippen LogP contribution is -2.13. The first-order chi connectivity index (χ1) is 8.66. The van der Waals surface area contributed by atoms with Crippen LogP contribution >= 0.6 is 27.3 Å². The molecule has 2 heterocycles. The summed E-state index contributed by atoms with van der Waals surface area (Å²) in [5.41, 5.74) is 1.00. The van der Waals surface area contributed by atoms with Crippen molar-refractivity contribution in [1.82, 2.24) is 0 Å². The maximum atomic E-state index is 12.5. The quantitative estimate of drug-likeness (QED) is 0.775. The molecule has 0 fully saturated rings. The van der Waals surface area contributed by atoms with Gasteiger partial charge in [-0.3, -0.25) is 4.79 Å². The highest BCUT2D eigenvalue weighted by molar-refractivity contribution is 9.10. The molecular weight excluding hydrogens is 312 g/mol. The van der Waals surface area contributed by atoms with E-state index in [0.717, 1.165) is 25.5 Å². The second-order valence-electron chi connectivity index (χ2n) is 4.30. The summed E-state index contributed by atoms with van der Waals surface area (Å²) >= 11 is 4.99. The molecule has 1 aromatic carbocycles. The Morgan fingerprint density at radius 2 is 2.22 bits per heavy atom. The first-order valence-electron chi connectivity index (χ1n) is 5.68. The number of aryl methyl sites for hydroxylation is 1. The summed E-state index contributed by atoms with van der Waals surface area (Å²) in [6.45, 7) is 2.45. The second kappa shape index (κ2) is 4.52. The van der Waals surface area contributed by atoms with Gasteiger partial charge in [0.1, 0.15) is 12.4 Å². The Labute approximate surface area is 118 Å². The van der Waals surface area contributed by atoms with Crippen LogP contribution in [0.15, 0.2) is 34.8 Å². The summed E-state index contributed by atoms with van der Waals surface area (Å²) in [5.74, 6) is 0.806. The summed E-state index contributed by atoms with van der Waals surface area (Å²) < 4.78 is 6.46. The zero-order chi connectivity index (χ0) is 12.7. The number of thiophene rings is 1. The highest BCUT2D eigenvalue weighted by Gasteiger charge is 2.32. The van der Waals surface area contributed by atoms with E-state index in [1.54, 1.807) is 0 Å². The summed E-state index contributed by atoms with van der Waals surface area (Å²) in [6, 6.07) is 9.75. The minimum atomic E-state index is -0.171. The molecule has 18 heavy (non-hydrogen) atoms. The lowest BCUT2D eigenvalue weighted by atomic mass is 9.96. The number of para-hydroxylation sites is 1. The summed E-state index contributed by atoms with van der Waals surface area (Å²) in [6.07, 6.45) is 0. The third-order valence-corrected chi connectivity index (χ3v) is 5.00. The second-order valence-corrected chi connectivity index (χ2v) is 6.41. The molecule has 92 valence electrons. The Morgan fingerprint density at radius 1 is 1.44 bits per heavy atom. The maximum Gasteiger partial charge on any atom is 0.184 e. The first kappa shape index (κ1) is 11.9. The van der Waals surface area contributed by atoms with Crippen molar-refractivity contribution in [2.75, 3.05) is 6.61 Å². The van der Waals surface area contributed by atoms with E-state index in [9.17, 15) is 4.79 Å². The highest BCUT2D eigenvalue weighted by atomic mass is 79.9. The van der Waals surface area contributed by atoms with E-state index in [1.165, 1.54) is 11.3 Å². The highest BCUT2D eigenvalue weighted by Crippen LogP contribution is 2.38. The fraction of sp³-hybridized carbons (Fsp3) is 0.214. The van der Waals surface area contributed by atoms with Crippen molar-refractivity contribution in [1.29, 1.82) is 0 Å². The molecule has 4 heteroatoms. The van der Waals surface area contributed by atoms with Gasteiger partial charge in [-0.25, -0.2) is 0 Å². The Hall–Kier alpha value is -1.13. The van der Waals surface area contributed by atoms with Crippen LogP contribution in [-0.4, -0.2) is 12.4 Å². The lowest BCUT2D eigenvalue weighted by molar-refractivity contribution is 0.0951. The zero-order valence-corrected chi connectivity index (χ0v) is 12.2. The van der Waals surface area contributed by atoms with E-state index in [2.05, 4.69) is 15.9 Å². The van der Waals surface area contributed by atoms with Gasteiger partial charge < -0.3 is 4.74 Å². The molecule has 0 aliphatic carbocycles. The Balaban J connectivity index is 1.98. The Morgan fingerprint density at radius 3 is 2.94 bits per heavy atom. The maximum absolute atomic E-state index is 12.5. The van der Waals surface area contributed by atoms with Crippen LogP contribution in [0.1, 0.15) is 26.0 Å². The molecule has 1 unspecified atom stereocenters. The molecule has 0 radical (unpaired) electrons. The summed E-state index contributed by atoms with van der Waals surface area (Å²) in [7, 11) is 0. The number of hydrogen-bond donors (Lipinski definition) is 0. The molecule has 1 atom stereocenters. The number of Topliss-reactive ketones (excluding diaryl/α,β-unsaturated/α-hetero) is 1. The number of hydrogen-bond acceptors (Lipinski definition) is 3. The largest absolute Gasteiger partial charge is 0.492 e. The van der Waals surface area contributed by atoms with Gasteiger partial charge in [0.2, 0.25) is 0 Å². The topological polar surface area (TPSA) is 26.3 Å². The van der Waals surface area contributed by atoms with Gasteiger partial charge in [0, 0.05) is 14.9 Å². The van der Waals surface area contributed by atoms with Crippen LogP contribution in [0.5, 0.6) is 5.75 Å². The zero-order valence-electron chi connectivity index (χ0n) is 9.77. The van der Waals surface area contributed by atoms with Crippen molar-refractivity contribution in [3.05, 3.63) is 50.1 Å². The average Bonchev–Trinajstić information content (AvgIpc) is 2.92. The van der Waals surface area contributed by atoms with Gasteiger partial charge in [-0.2, -0.15) is 0 Å². The fourth-order valence-electron chi connectivity index (χ4n) is 2.19. The molecule has 0 bridgehead atoms. The third kappa shape index (κ3) is 1.89. The molecule has 1 aliphatic rings. The van der Waals surface area contributed by atoms with E-state index in [4.69, 9.17) is 4.74 Å². The molecule has 0 saturated carbocycles. The SMILES string of the molecule is Cc1cc(Br)c(C(=O)C2COc3ccccc32)s1. The van der Waals surface area contributed by atoms with Crippen LogP contribution in [-0.2, 0) is 0 Å². The molecule has 1 aliphatic heterocycles. The minimum Gasteiger partial charge on any atom is -0.492 e. The first-order valence-corrected chi connectivity index (χ1v) is 7.29. The van der Waals surface area contributed by atoms with E-state index in [1.807, 2.05) is 37.3 Å². The monoisotopic (exact) mass is 322 g/mol. The van der Waals surface area contributed by atoms with Crippen LogP contribution in [0.3, 0.4) is 0 Å². The predicted octanol–water partition coefficient (Wildman–Crippen LogP) is 4.18. The molecule has 1 aromatic heterocycles. The van der Waals surface area contributed by atoms with E-state index in [-0.39, 0.29) is 11.7 Å². The molecular formula is C14H11BrO2S. The van der Waals surface area contributed by atoms with E-state index < -0.39 is 0 Å². The van der Waals surface area contributed by atoms with Crippen LogP contribution in [0.25, 0.3) is 0 Å². The smallest absolute Gasteiger partial charge is 0.184 e. The van der Waals surface area contributed by atoms with Gasteiger partial charge >= 0.3 is 0 Å². The Bertz CT molecular complexity index is 618. The van der Waals surface area contributed by atoms with Crippen molar-refractivity contribution in [2.24, 2.45) is 0 Å². The van der Waals surface area contributed by atoms with Crippen molar-refractivity contribution >= 4 is 33.0 Å². The molecule has 3 rings (SSSR count). The molecule has 0 saturated heterocycles. The lowest BCUT2D eigenvalue weighted by Gasteiger charge is -2.06. The molecule has 0 spiro atoms.